The van der Waals surface area contributed by atoms with Crippen molar-refractivity contribution in [1.29, 1.82) is 0 Å². The molecule has 0 spiro atoms. The molecule has 3 N–H and O–H groups in total. The first kappa shape index (κ1) is 15.0. The molecule has 2 rings (SSSR count). The summed E-state index contributed by atoms with van der Waals surface area (Å²) in [5.41, 5.74) is 2.86. The Bertz CT molecular complexity index is 475. The van der Waals surface area contributed by atoms with Crippen LogP contribution >= 0.6 is 11.6 Å². The minimum Gasteiger partial charge on any atom is -0.384 e. The van der Waals surface area contributed by atoms with Crippen molar-refractivity contribution in [2.24, 2.45) is 11.8 Å². The topological polar surface area (TPSA) is 80.5 Å². The number of hydrogen-bond acceptors (Lipinski definition) is 5. The third kappa shape index (κ3) is 3.39. The number of likely N-dealkylation sites (tertiary alicyclic amines) is 1. The molecule has 110 valence electrons. The Kier molecular flexibility index (Phi) is 5.17. The minimum atomic E-state index is -0.0427. The van der Waals surface area contributed by atoms with Crippen LogP contribution in [0, 0.1) is 5.92 Å². The van der Waals surface area contributed by atoms with Gasteiger partial charge in [-0.2, -0.15) is 0 Å². The van der Waals surface area contributed by atoms with E-state index in [1.807, 2.05) is 4.90 Å². The number of methoxy groups -OCH3 is 1. The zero-order valence-corrected chi connectivity index (χ0v) is 12.2. The third-order valence-electron chi connectivity index (χ3n) is 3.53. The molecule has 0 radical (unpaired) electrons. The smallest absolute Gasteiger partial charge is 0.255 e. The SMILES string of the molecule is COCC1CCN(C(=O)c2cnc(NN)c(Cl)c2)CC1. The monoisotopic (exact) mass is 298 g/mol. The second-order valence-electron chi connectivity index (χ2n) is 4.89. The maximum absolute atomic E-state index is 12.4. The van der Waals surface area contributed by atoms with Gasteiger partial charge in [0.2, 0.25) is 0 Å². The van der Waals surface area contributed by atoms with Gasteiger partial charge in [0.1, 0.15) is 0 Å². The lowest BCUT2D eigenvalue weighted by Crippen LogP contribution is -2.39. The van der Waals surface area contributed by atoms with Crippen LogP contribution in [-0.4, -0.2) is 42.6 Å². The zero-order valence-electron chi connectivity index (χ0n) is 11.4. The van der Waals surface area contributed by atoms with E-state index < -0.39 is 0 Å². The number of piperidine rings is 1. The zero-order chi connectivity index (χ0) is 14.5. The molecule has 0 saturated carbocycles. The van der Waals surface area contributed by atoms with Gasteiger partial charge >= 0.3 is 0 Å². The van der Waals surface area contributed by atoms with Gasteiger partial charge in [-0.15, -0.1) is 0 Å². The van der Waals surface area contributed by atoms with Crippen molar-refractivity contribution in [2.45, 2.75) is 12.8 Å². The van der Waals surface area contributed by atoms with Crippen molar-refractivity contribution in [3.05, 3.63) is 22.8 Å². The van der Waals surface area contributed by atoms with Crippen LogP contribution in [0.3, 0.4) is 0 Å². The molecule has 20 heavy (non-hydrogen) atoms. The van der Waals surface area contributed by atoms with Gasteiger partial charge in [-0.3, -0.25) is 4.79 Å². The molecule has 0 bridgehead atoms. The standard InChI is InChI=1S/C13H19ClN4O2/c1-20-8-9-2-4-18(5-3-9)13(19)10-6-11(14)12(17-15)16-7-10/h6-7,9H,2-5,8,15H2,1H3,(H,16,17). The fourth-order valence-electron chi connectivity index (χ4n) is 2.38. The highest BCUT2D eigenvalue weighted by Crippen LogP contribution is 2.22. The van der Waals surface area contributed by atoms with Crippen molar-refractivity contribution in [3.63, 3.8) is 0 Å². The number of pyridine rings is 1. The summed E-state index contributed by atoms with van der Waals surface area (Å²) in [5, 5.41) is 0.340. The van der Waals surface area contributed by atoms with Crippen LogP contribution in [0.15, 0.2) is 12.3 Å². The number of halogens is 1. The number of carbonyl (C=O) groups excluding carboxylic acids is 1. The van der Waals surface area contributed by atoms with Crippen LogP contribution in [0.1, 0.15) is 23.2 Å². The van der Waals surface area contributed by atoms with E-state index in [-0.39, 0.29) is 5.91 Å². The van der Waals surface area contributed by atoms with Gasteiger partial charge in [0.15, 0.2) is 5.82 Å². The summed E-state index contributed by atoms with van der Waals surface area (Å²) >= 11 is 5.98. The molecule has 1 saturated heterocycles. The number of nitrogens with one attached hydrogen (secondary N) is 1. The maximum Gasteiger partial charge on any atom is 0.255 e. The second kappa shape index (κ2) is 6.88. The molecule has 1 amide bonds. The number of anilines is 1. The molecule has 0 aromatic carbocycles. The van der Waals surface area contributed by atoms with Gasteiger partial charge in [-0.25, -0.2) is 10.8 Å². The molecule has 0 unspecified atom stereocenters. The molecule has 0 atom stereocenters. The summed E-state index contributed by atoms with van der Waals surface area (Å²) in [6.45, 7) is 2.23. The molecular weight excluding hydrogens is 280 g/mol. The van der Waals surface area contributed by atoms with E-state index >= 15 is 0 Å². The van der Waals surface area contributed by atoms with Crippen LogP contribution in [-0.2, 0) is 4.74 Å². The van der Waals surface area contributed by atoms with Gasteiger partial charge in [-0.05, 0) is 24.8 Å². The van der Waals surface area contributed by atoms with E-state index in [2.05, 4.69) is 10.4 Å². The Morgan fingerprint density at radius 3 is 2.85 bits per heavy atom. The highest BCUT2D eigenvalue weighted by atomic mass is 35.5. The quantitative estimate of drug-likeness (QED) is 0.651. The van der Waals surface area contributed by atoms with Crippen molar-refractivity contribution in [3.8, 4) is 0 Å². The number of carbonyl (C=O) groups is 1. The molecule has 2 heterocycles. The molecule has 1 aromatic rings. The predicted octanol–water partition coefficient (Wildman–Crippen LogP) is 1.52. The molecule has 1 aromatic heterocycles. The van der Waals surface area contributed by atoms with E-state index in [4.69, 9.17) is 22.2 Å². The van der Waals surface area contributed by atoms with Crippen LogP contribution < -0.4 is 11.3 Å². The summed E-state index contributed by atoms with van der Waals surface area (Å²) in [6, 6.07) is 1.59. The number of aromatic nitrogens is 1. The molecule has 1 fully saturated rings. The maximum atomic E-state index is 12.4. The summed E-state index contributed by atoms with van der Waals surface area (Å²) < 4.78 is 5.15. The number of nitrogens with zero attached hydrogens (tertiary/aromatic N) is 2. The number of amides is 1. The minimum absolute atomic E-state index is 0.0427. The Balaban J connectivity index is 2.00. The second-order valence-corrected chi connectivity index (χ2v) is 5.30. The molecule has 1 aliphatic heterocycles. The van der Waals surface area contributed by atoms with Crippen LogP contribution in [0.2, 0.25) is 5.02 Å². The van der Waals surface area contributed by atoms with Gasteiger partial charge in [-0.1, -0.05) is 11.6 Å². The summed E-state index contributed by atoms with van der Waals surface area (Å²) in [6.07, 6.45) is 3.41. The van der Waals surface area contributed by atoms with Crippen molar-refractivity contribution < 1.29 is 9.53 Å². The number of ether oxygens (including phenoxy) is 1. The Hall–Kier alpha value is -1.37. The van der Waals surface area contributed by atoms with Gasteiger partial charge in [0.25, 0.3) is 5.91 Å². The van der Waals surface area contributed by atoms with E-state index in [9.17, 15) is 4.79 Å². The first-order chi connectivity index (χ1) is 9.65. The Morgan fingerprint density at radius 1 is 1.60 bits per heavy atom. The lowest BCUT2D eigenvalue weighted by Gasteiger charge is -2.31. The van der Waals surface area contributed by atoms with Crippen LogP contribution in [0.5, 0.6) is 0 Å². The first-order valence-electron chi connectivity index (χ1n) is 6.56. The number of nitrogens with two attached hydrogens (primary N) is 1. The fourth-order valence-corrected chi connectivity index (χ4v) is 2.60. The van der Waals surface area contributed by atoms with Gasteiger partial charge in [0, 0.05) is 33.0 Å². The average Bonchev–Trinajstić information content (AvgIpc) is 2.47. The van der Waals surface area contributed by atoms with E-state index in [1.165, 1.54) is 6.20 Å². The third-order valence-corrected chi connectivity index (χ3v) is 3.82. The largest absolute Gasteiger partial charge is 0.384 e. The van der Waals surface area contributed by atoms with Crippen molar-refractivity contribution >= 4 is 23.3 Å². The first-order valence-corrected chi connectivity index (χ1v) is 6.94. The predicted molar refractivity (Wildman–Crippen MR) is 77.6 cm³/mol. The lowest BCUT2D eigenvalue weighted by molar-refractivity contribution is 0.0613. The Labute approximate surface area is 123 Å². The van der Waals surface area contributed by atoms with Crippen molar-refractivity contribution in [1.82, 2.24) is 9.88 Å². The van der Waals surface area contributed by atoms with Gasteiger partial charge in [0.05, 0.1) is 10.6 Å². The number of nitrogen functional groups attached to an aromatic ring is 1. The number of hydrazine groups is 1. The average molecular weight is 299 g/mol. The van der Waals surface area contributed by atoms with Crippen LogP contribution in [0.25, 0.3) is 0 Å². The number of hydrogen-bond donors (Lipinski definition) is 2. The summed E-state index contributed by atoms with van der Waals surface area (Å²) in [4.78, 5) is 18.2. The molecule has 7 heteroatoms. The van der Waals surface area contributed by atoms with E-state index in [0.29, 0.717) is 22.3 Å². The van der Waals surface area contributed by atoms with Crippen molar-refractivity contribution in [2.75, 3.05) is 32.2 Å². The van der Waals surface area contributed by atoms with Crippen LogP contribution in [0.4, 0.5) is 5.82 Å². The molecule has 1 aliphatic rings. The van der Waals surface area contributed by atoms with E-state index in [0.717, 1.165) is 32.5 Å². The summed E-state index contributed by atoms with van der Waals surface area (Å²) in [5.74, 6) is 6.12. The normalized spacial score (nSPS) is 16.2. The lowest BCUT2D eigenvalue weighted by atomic mass is 9.97. The Morgan fingerprint density at radius 2 is 2.30 bits per heavy atom. The molecule has 0 aliphatic carbocycles. The summed E-state index contributed by atoms with van der Waals surface area (Å²) in [7, 11) is 1.71. The number of rotatable bonds is 4. The fraction of sp³-hybridized carbons (Fsp3) is 0.538. The van der Waals surface area contributed by atoms with Gasteiger partial charge < -0.3 is 15.1 Å². The molecular formula is C13H19ClN4O2. The van der Waals surface area contributed by atoms with E-state index in [1.54, 1.807) is 13.2 Å². The highest BCUT2D eigenvalue weighted by Gasteiger charge is 2.24. The molecule has 6 nitrogen and oxygen atoms in total. The highest BCUT2D eigenvalue weighted by molar-refractivity contribution is 6.33.